The van der Waals surface area contributed by atoms with Crippen molar-refractivity contribution in [1.82, 2.24) is 12.6 Å². The van der Waals surface area contributed by atoms with Crippen LogP contribution < -0.4 is 0 Å². The number of nitrogens with zero attached hydrogens (tertiary/aromatic N) is 3. The molecule has 0 amide bonds. The Bertz CT molecular complexity index is 693. The molecule has 0 N–H and O–H groups in total. The average molecular weight is 433 g/mol. The second-order valence-corrected chi connectivity index (χ2v) is 6.15. The summed E-state index contributed by atoms with van der Waals surface area (Å²) in [5.41, 5.74) is 2.61. The molecule has 3 rings (SSSR count). The van der Waals surface area contributed by atoms with Gasteiger partial charge in [0.25, 0.3) is 0 Å². The Balaban J connectivity index is 2.25. The van der Waals surface area contributed by atoms with Crippen LogP contribution in [0.3, 0.4) is 0 Å². The number of benzene rings is 1. The SMILES string of the molecule is Clc1cc(-c2cc[n]([Tl])n2)nc2ccccc12. The Morgan fingerprint density at radius 2 is 1.94 bits per heavy atom. The van der Waals surface area contributed by atoms with Gasteiger partial charge in [-0.2, -0.15) is 0 Å². The summed E-state index contributed by atoms with van der Waals surface area (Å²) < 4.78 is 1.92. The molecule has 3 nitrogen and oxygen atoms in total. The van der Waals surface area contributed by atoms with E-state index in [-0.39, 0.29) is 0 Å². The predicted molar refractivity (Wildman–Crippen MR) is 69.1 cm³/mol. The molecule has 3 aromatic rings. The van der Waals surface area contributed by atoms with Gasteiger partial charge in [-0.25, -0.2) is 0 Å². The topological polar surface area (TPSA) is 30.7 Å². The Morgan fingerprint density at radius 1 is 1.12 bits per heavy atom. The number of halogens is 1. The molecular formula is C12H7ClN3Tl. The summed E-state index contributed by atoms with van der Waals surface area (Å²) in [5.74, 6) is 0. The molecule has 0 aliphatic heterocycles. The van der Waals surface area contributed by atoms with Crippen LogP contribution in [0.4, 0.5) is 0 Å². The molecule has 0 spiro atoms. The first kappa shape index (κ1) is 11.2. The van der Waals surface area contributed by atoms with Crippen LogP contribution in [0.1, 0.15) is 0 Å². The minimum absolute atomic E-state index is 0.671. The van der Waals surface area contributed by atoms with Gasteiger partial charge >= 0.3 is 120 Å². The molecular weight excluding hydrogens is 426 g/mol. The van der Waals surface area contributed by atoms with Crippen molar-refractivity contribution in [2.24, 2.45) is 0 Å². The third-order valence-electron chi connectivity index (χ3n) is 2.54. The van der Waals surface area contributed by atoms with Gasteiger partial charge in [-0.3, -0.25) is 0 Å². The van der Waals surface area contributed by atoms with Gasteiger partial charge in [-0.05, 0) is 0 Å². The van der Waals surface area contributed by atoms with E-state index in [1.54, 1.807) is 0 Å². The standard InChI is InChI=1S/C12H7ClN3.Tl/c13-9-7-12(11-5-6-14-16-11)15-10-4-2-1-3-8(9)10;/h1-7H;/q-1;+1. The molecule has 80 valence electrons. The van der Waals surface area contributed by atoms with Gasteiger partial charge in [-0.1, -0.05) is 0 Å². The molecule has 5 heteroatoms. The predicted octanol–water partition coefficient (Wildman–Crippen LogP) is 2.68. The van der Waals surface area contributed by atoms with Crippen LogP contribution in [-0.2, 0) is 0 Å². The fraction of sp³-hybridized carbons (Fsp3) is 0. The van der Waals surface area contributed by atoms with Crippen LogP contribution in [0.5, 0.6) is 0 Å². The van der Waals surface area contributed by atoms with E-state index in [4.69, 9.17) is 11.6 Å². The monoisotopic (exact) mass is 433 g/mol. The van der Waals surface area contributed by atoms with Crippen LogP contribution in [0.2, 0.25) is 5.02 Å². The van der Waals surface area contributed by atoms with Gasteiger partial charge in [0.15, 0.2) is 0 Å². The fourth-order valence-electron chi connectivity index (χ4n) is 1.74. The molecule has 0 aliphatic carbocycles. The number of pyridine rings is 1. The first-order chi connectivity index (χ1) is 8.24. The van der Waals surface area contributed by atoms with Gasteiger partial charge in [0.1, 0.15) is 0 Å². The second kappa shape index (κ2) is 4.38. The maximum absolute atomic E-state index is 6.25. The molecule has 0 atom stereocenters. The van der Waals surface area contributed by atoms with E-state index in [1.165, 1.54) is 0 Å². The van der Waals surface area contributed by atoms with Crippen molar-refractivity contribution in [3.63, 3.8) is 0 Å². The van der Waals surface area contributed by atoms with Gasteiger partial charge in [-0.15, -0.1) is 0 Å². The molecule has 0 fully saturated rings. The zero-order valence-corrected chi connectivity index (χ0v) is 14.1. The van der Waals surface area contributed by atoms with E-state index in [0.29, 0.717) is 26.1 Å². The van der Waals surface area contributed by atoms with Crippen molar-refractivity contribution in [2.75, 3.05) is 0 Å². The summed E-state index contributed by atoms with van der Waals surface area (Å²) in [4.78, 5) is 4.58. The van der Waals surface area contributed by atoms with Crippen LogP contribution in [0.15, 0.2) is 42.6 Å². The zero-order chi connectivity index (χ0) is 11.8. The molecule has 0 saturated carbocycles. The normalized spacial score (nSPS) is 10.8. The van der Waals surface area contributed by atoms with Crippen LogP contribution in [0, 0.1) is 0 Å². The molecule has 17 heavy (non-hydrogen) atoms. The number of para-hydroxylation sites is 1. The number of fused-ring (bicyclic) bond motifs is 1. The number of aromatic nitrogens is 3. The summed E-state index contributed by atoms with van der Waals surface area (Å²) in [5, 5.41) is 6.09. The summed E-state index contributed by atoms with van der Waals surface area (Å²) in [6, 6.07) is 11.7. The minimum atomic E-state index is 0.671. The number of hydrogen-bond donors (Lipinski definition) is 0. The van der Waals surface area contributed by atoms with E-state index in [1.807, 2.05) is 45.1 Å². The van der Waals surface area contributed by atoms with Gasteiger partial charge in [0.2, 0.25) is 0 Å². The fourth-order valence-corrected chi connectivity index (χ4v) is 2.82. The molecule has 0 bridgehead atoms. The molecule has 0 unspecified atom stereocenters. The van der Waals surface area contributed by atoms with E-state index >= 15 is 0 Å². The summed E-state index contributed by atoms with van der Waals surface area (Å²) in [7, 11) is 0. The summed E-state index contributed by atoms with van der Waals surface area (Å²) in [6.45, 7) is 0. The second-order valence-electron chi connectivity index (χ2n) is 3.69. The Kier molecular flexibility index (Phi) is 2.87. The first-order valence-corrected chi connectivity index (χ1v) is 7.49. The van der Waals surface area contributed by atoms with Crippen LogP contribution in [-0.4, -0.2) is 38.6 Å². The Hall–Kier alpha value is -0.948. The average Bonchev–Trinajstić information content (AvgIpc) is 2.76. The van der Waals surface area contributed by atoms with Crippen molar-refractivity contribution in [1.29, 1.82) is 0 Å². The molecule has 0 aliphatic rings. The molecule has 2 heterocycles. The molecule has 0 radical (unpaired) electrons. The van der Waals surface area contributed by atoms with Crippen molar-refractivity contribution in [3.05, 3.63) is 47.6 Å². The third kappa shape index (κ3) is 2.09. The van der Waals surface area contributed by atoms with Crippen molar-refractivity contribution >= 4 is 48.6 Å². The van der Waals surface area contributed by atoms with E-state index < -0.39 is 0 Å². The van der Waals surface area contributed by atoms with Crippen LogP contribution in [0.25, 0.3) is 22.3 Å². The quantitative estimate of drug-likeness (QED) is 0.553. The van der Waals surface area contributed by atoms with Crippen LogP contribution >= 0.6 is 11.6 Å². The van der Waals surface area contributed by atoms with Crippen molar-refractivity contribution in [2.45, 2.75) is 0 Å². The first-order valence-electron chi connectivity index (χ1n) is 5.10. The van der Waals surface area contributed by atoms with Gasteiger partial charge < -0.3 is 0 Å². The van der Waals surface area contributed by atoms with Crippen molar-refractivity contribution in [3.8, 4) is 11.4 Å². The zero-order valence-electron chi connectivity index (χ0n) is 8.84. The van der Waals surface area contributed by atoms with E-state index in [2.05, 4.69) is 10.1 Å². The summed E-state index contributed by atoms with van der Waals surface area (Å²) in [6.07, 6.45) is 1.96. The molecule has 2 aromatic heterocycles. The summed E-state index contributed by atoms with van der Waals surface area (Å²) >= 11 is 6.93. The number of hydrogen-bond acceptors (Lipinski definition) is 2. The number of rotatable bonds is 1. The molecule has 0 saturated heterocycles. The Morgan fingerprint density at radius 3 is 2.71 bits per heavy atom. The Labute approximate surface area is 120 Å². The third-order valence-corrected chi connectivity index (χ3v) is 3.97. The molecule has 1 aromatic carbocycles. The van der Waals surface area contributed by atoms with Gasteiger partial charge in [0.05, 0.1) is 0 Å². The van der Waals surface area contributed by atoms with E-state index in [9.17, 15) is 0 Å². The van der Waals surface area contributed by atoms with Crippen molar-refractivity contribution < 1.29 is 0 Å². The maximum atomic E-state index is 6.25. The van der Waals surface area contributed by atoms with E-state index in [0.717, 1.165) is 27.3 Å². The van der Waals surface area contributed by atoms with Gasteiger partial charge in [0, 0.05) is 0 Å².